The minimum Gasteiger partial charge on any atom is -0.493 e. The standard InChI is InChI=1S/C24H30F2N2O5S/c1-5-27(6-2)34(30,31)19-11-7-16(3)20(14-19)23(29)28(18-9-10-18)15-17-8-12-21(33-24(25)26)22(13-17)32-4/h7-8,11-14,18,24H,5-6,9-10,15H2,1-4H3. The quantitative estimate of drug-likeness (QED) is 0.460. The van der Waals surface area contributed by atoms with E-state index in [1.807, 2.05) is 0 Å². The van der Waals surface area contributed by atoms with E-state index in [1.165, 1.54) is 29.6 Å². The first-order valence-electron chi connectivity index (χ1n) is 11.2. The summed E-state index contributed by atoms with van der Waals surface area (Å²) in [6.07, 6.45) is 1.68. The molecular formula is C24H30F2N2O5S. The number of nitrogens with zero attached hydrogens (tertiary/aromatic N) is 2. The molecule has 3 rings (SSSR count). The Kier molecular flexibility index (Phi) is 8.14. The van der Waals surface area contributed by atoms with Gasteiger partial charge in [-0.1, -0.05) is 26.0 Å². The van der Waals surface area contributed by atoms with Gasteiger partial charge < -0.3 is 14.4 Å². The topological polar surface area (TPSA) is 76.2 Å². The molecule has 0 heterocycles. The number of amides is 1. The van der Waals surface area contributed by atoms with E-state index in [1.54, 1.807) is 43.9 Å². The van der Waals surface area contributed by atoms with Gasteiger partial charge in [0.25, 0.3) is 5.91 Å². The fraction of sp³-hybridized carbons (Fsp3) is 0.458. The average molecular weight is 497 g/mol. The number of hydrogen-bond donors (Lipinski definition) is 0. The van der Waals surface area contributed by atoms with Gasteiger partial charge in [-0.05, 0) is 55.2 Å². The lowest BCUT2D eigenvalue weighted by atomic mass is 10.1. The zero-order valence-electron chi connectivity index (χ0n) is 19.8. The summed E-state index contributed by atoms with van der Waals surface area (Å²) in [5.41, 5.74) is 1.68. The smallest absolute Gasteiger partial charge is 0.387 e. The molecule has 1 aliphatic carbocycles. The highest BCUT2D eigenvalue weighted by atomic mass is 32.2. The van der Waals surface area contributed by atoms with E-state index in [9.17, 15) is 22.0 Å². The van der Waals surface area contributed by atoms with Gasteiger partial charge in [-0.15, -0.1) is 0 Å². The van der Waals surface area contributed by atoms with E-state index in [0.29, 0.717) is 29.8 Å². The van der Waals surface area contributed by atoms with Gasteiger partial charge >= 0.3 is 6.61 Å². The van der Waals surface area contributed by atoms with E-state index in [4.69, 9.17) is 4.74 Å². The number of sulfonamides is 1. The number of alkyl halides is 2. The Labute approximate surface area is 199 Å². The first kappa shape index (κ1) is 25.9. The molecule has 1 saturated carbocycles. The Hall–Kier alpha value is -2.72. The number of aryl methyl sites for hydroxylation is 1. The molecule has 0 spiro atoms. The molecule has 10 heteroatoms. The number of rotatable bonds is 11. The molecule has 34 heavy (non-hydrogen) atoms. The lowest BCUT2D eigenvalue weighted by Crippen LogP contribution is -2.34. The van der Waals surface area contributed by atoms with Crippen LogP contribution in [0.1, 0.15) is 48.2 Å². The van der Waals surface area contributed by atoms with Crippen molar-refractivity contribution < 1.29 is 31.5 Å². The monoisotopic (exact) mass is 496 g/mol. The Bertz CT molecular complexity index is 1130. The number of hydrogen-bond acceptors (Lipinski definition) is 5. The molecular weight excluding hydrogens is 466 g/mol. The van der Waals surface area contributed by atoms with Gasteiger partial charge in [0.1, 0.15) is 0 Å². The van der Waals surface area contributed by atoms with E-state index in [-0.39, 0.29) is 34.9 Å². The molecule has 0 aromatic heterocycles. The summed E-state index contributed by atoms with van der Waals surface area (Å²) in [6, 6.07) is 9.20. The van der Waals surface area contributed by atoms with Crippen LogP contribution in [0.25, 0.3) is 0 Å². The third-order valence-electron chi connectivity index (χ3n) is 5.83. The molecule has 1 aliphatic rings. The fourth-order valence-electron chi connectivity index (χ4n) is 3.81. The van der Waals surface area contributed by atoms with Crippen LogP contribution < -0.4 is 9.47 Å². The molecule has 1 fully saturated rings. The molecule has 7 nitrogen and oxygen atoms in total. The summed E-state index contributed by atoms with van der Waals surface area (Å²) in [7, 11) is -2.36. The van der Waals surface area contributed by atoms with E-state index < -0.39 is 16.6 Å². The number of carbonyl (C=O) groups excluding carboxylic acids is 1. The van der Waals surface area contributed by atoms with Crippen LogP contribution in [-0.2, 0) is 16.6 Å². The van der Waals surface area contributed by atoms with Crippen molar-refractivity contribution in [3.63, 3.8) is 0 Å². The normalized spacial score (nSPS) is 13.9. The maximum atomic E-state index is 13.6. The molecule has 2 aromatic rings. The van der Waals surface area contributed by atoms with Crippen LogP contribution in [0.5, 0.6) is 11.5 Å². The van der Waals surface area contributed by atoms with Crippen LogP contribution in [0.15, 0.2) is 41.3 Å². The number of methoxy groups -OCH3 is 1. The van der Waals surface area contributed by atoms with Crippen LogP contribution >= 0.6 is 0 Å². The van der Waals surface area contributed by atoms with E-state index in [0.717, 1.165) is 12.8 Å². The number of benzene rings is 2. The highest BCUT2D eigenvalue weighted by molar-refractivity contribution is 7.89. The maximum Gasteiger partial charge on any atom is 0.387 e. The number of halogens is 2. The first-order valence-corrected chi connectivity index (χ1v) is 12.6. The molecule has 0 radical (unpaired) electrons. The van der Waals surface area contributed by atoms with Gasteiger partial charge in [0.15, 0.2) is 11.5 Å². The van der Waals surface area contributed by atoms with Crippen LogP contribution in [0.4, 0.5) is 8.78 Å². The van der Waals surface area contributed by atoms with Crippen molar-refractivity contribution in [3.8, 4) is 11.5 Å². The molecule has 0 N–H and O–H groups in total. The average Bonchev–Trinajstić information content (AvgIpc) is 3.63. The Morgan fingerprint density at radius 1 is 1.09 bits per heavy atom. The summed E-state index contributed by atoms with van der Waals surface area (Å²) in [5.74, 6) is -0.219. The predicted octanol–water partition coefficient (Wildman–Crippen LogP) is 4.44. The second-order valence-corrected chi connectivity index (χ2v) is 10.0. The van der Waals surface area contributed by atoms with Crippen molar-refractivity contribution in [2.45, 2.75) is 57.7 Å². The minimum absolute atomic E-state index is 0.0259. The number of carbonyl (C=O) groups is 1. The lowest BCUT2D eigenvalue weighted by molar-refractivity contribution is -0.0512. The molecule has 0 unspecified atom stereocenters. The van der Waals surface area contributed by atoms with Gasteiger partial charge in [-0.3, -0.25) is 4.79 Å². The summed E-state index contributed by atoms with van der Waals surface area (Å²) < 4.78 is 62.2. The van der Waals surface area contributed by atoms with Crippen molar-refractivity contribution in [2.24, 2.45) is 0 Å². The second kappa shape index (κ2) is 10.7. The van der Waals surface area contributed by atoms with Crippen molar-refractivity contribution in [1.29, 1.82) is 0 Å². The zero-order valence-corrected chi connectivity index (χ0v) is 20.6. The fourth-order valence-corrected chi connectivity index (χ4v) is 5.30. The van der Waals surface area contributed by atoms with Gasteiger partial charge in [0.05, 0.1) is 12.0 Å². The molecule has 0 bridgehead atoms. The largest absolute Gasteiger partial charge is 0.493 e. The maximum absolute atomic E-state index is 13.6. The van der Waals surface area contributed by atoms with Crippen LogP contribution in [-0.4, -0.2) is 56.4 Å². The highest BCUT2D eigenvalue weighted by Gasteiger charge is 2.34. The predicted molar refractivity (Wildman–Crippen MR) is 124 cm³/mol. The van der Waals surface area contributed by atoms with Gasteiger partial charge in [0.2, 0.25) is 10.0 Å². The summed E-state index contributed by atoms with van der Waals surface area (Å²) >= 11 is 0. The van der Waals surface area contributed by atoms with E-state index >= 15 is 0 Å². The SMILES string of the molecule is CCN(CC)S(=O)(=O)c1ccc(C)c(C(=O)N(Cc2ccc(OC(F)F)c(OC)c2)C2CC2)c1. The second-order valence-electron chi connectivity index (χ2n) is 8.09. The van der Waals surface area contributed by atoms with E-state index in [2.05, 4.69) is 4.74 Å². The van der Waals surface area contributed by atoms with Crippen LogP contribution in [0.3, 0.4) is 0 Å². The van der Waals surface area contributed by atoms with Crippen molar-refractivity contribution >= 4 is 15.9 Å². The van der Waals surface area contributed by atoms with Crippen molar-refractivity contribution in [2.75, 3.05) is 20.2 Å². The summed E-state index contributed by atoms with van der Waals surface area (Å²) in [5, 5.41) is 0. The number of ether oxygens (including phenoxy) is 2. The highest BCUT2D eigenvalue weighted by Crippen LogP contribution is 2.34. The Morgan fingerprint density at radius 3 is 2.32 bits per heavy atom. The van der Waals surface area contributed by atoms with Crippen molar-refractivity contribution in [1.82, 2.24) is 9.21 Å². The van der Waals surface area contributed by atoms with Crippen LogP contribution in [0, 0.1) is 6.92 Å². The summed E-state index contributed by atoms with van der Waals surface area (Å²) in [4.78, 5) is 15.3. The minimum atomic E-state index is -3.72. The first-order chi connectivity index (χ1) is 16.1. The third-order valence-corrected chi connectivity index (χ3v) is 7.87. The molecule has 186 valence electrons. The lowest BCUT2D eigenvalue weighted by Gasteiger charge is -2.25. The molecule has 0 atom stereocenters. The Balaban J connectivity index is 1.92. The molecule has 2 aromatic carbocycles. The molecule has 0 aliphatic heterocycles. The van der Waals surface area contributed by atoms with Gasteiger partial charge in [-0.2, -0.15) is 13.1 Å². The van der Waals surface area contributed by atoms with Gasteiger partial charge in [0, 0.05) is 31.2 Å². The molecule has 1 amide bonds. The van der Waals surface area contributed by atoms with Gasteiger partial charge in [-0.25, -0.2) is 8.42 Å². The van der Waals surface area contributed by atoms with Crippen LogP contribution in [0.2, 0.25) is 0 Å². The van der Waals surface area contributed by atoms with Crippen molar-refractivity contribution in [3.05, 3.63) is 53.1 Å². The molecule has 0 saturated heterocycles. The summed E-state index contributed by atoms with van der Waals surface area (Å²) in [6.45, 7) is 3.21. The third kappa shape index (κ3) is 5.67. The zero-order chi connectivity index (χ0) is 25.0. The Morgan fingerprint density at radius 2 is 1.76 bits per heavy atom.